The van der Waals surface area contributed by atoms with Crippen molar-refractivity contribution in [1.82, 2.24) is 9.88 Å². The van der Waals surface area contributed by atoms with Crippen LogP contribution < -0.4 is 10.0 Å². The fraction of sp³-hybridized carbons (Fsp3) is 0.148. The van der Waals surface area contributed by atoms with Crippen LogP contribution in [0.25, 0.3) is 22.4 Å². The second-order valence-corrected chi connectivity index (χ2v) is 11.0. The van der Waals surface area contributed by atoms with Gasteiger partial charge in [0.05, 0.1) is 4.90 Å². The van der Waals surface area contributed by atoms with Crippen LogP contribution in [0, 0.1) is 5.92 Å². The number of carboxylic acids is 1. The van der Waals surface area contributed by atoms with Crippen molar-refractivity contribution in [1.29, 1.82) is 0 Å². The number of halogens is 1. The molecule has 1 atom stereocenters. The minimum atomic E-state index is -4.01. The molecule has 3 aromatic carbocycles. The molecule has 0 aliphatic heterocycles. The van der Waals surface area contributed by atoms with E-state index in [0.29, 0.717) is 16.4 Å². The maximum atomic E-state index is 12.6. The summed E-state index contributed by atoms with van der Waals surface area (Å²) in [4.78, 5) is 23.9. The van der Waals surface area contributed by atoms with Crippen LogP contribution in [-0.4, -0.2) is 36.6 Å². The number of carbonyl (C=O) groups is 2. The lowest BCUT2D eigenvalue weighted by atomic mass is 10.1. The Morgan fingerprint density at radius 2 is 1.45 bits per heavy atom. The van der Waals surface area contributed by atoms with E-state index in [1.165, 1.54) is 18.2 Å². The normalized spacial score (nSPS) is 12.3. The minimum Gasteiger partial charge on any atom is -0.480 e. The maximum Gasteiger partial charge on any atom is 0.322 e. The van der Waals surface area contributed by atoms with E-state index in [2.05, 4.69) is 15.2 Å². The molecule has 1 aromatic heterocycles. The first kappa shape index (κ1) is 27.1. The standard InChI is InChI=1S/C27H24ClN3O6S/c1-16(2)25(27(33)34)31-38(35,36)22-13-7-18(8-14-22)17-5-11-21(12-6-17)29-26(32)24-15-23(30-37-24)19-3-9-20(28)10-4-19/h3-16,25,31H,1-2H3,(H,29,32)(H,33,34)/t25-/m0/s1. The highest BCUT2D eigenvalue weighted by Gasteiger charge is 2.28. The van der Waals surface area contributed by atoms with Gasteiger partial charge in [0.1, 0.15) is 11.7 Å². The van der Waals surface area contributed by atoms with Crippen LogP contribution in [0.2, 0.25) is 5.02 Å². The number of benzene rings is 3. The van der Waals surface area contributed by atoms with Crippen molar-refractivity contribution in [3.8, 4) is 22.4 Å². The predicted octanol–water partition coefficient (Wildman–Crippen LogP) is 5.30. The highest BCUT2D eigenvalue weighted by atomic mass is 35.5. The summed E-state index contributed by atoms with van der Waals surface area (Å²) < 4.78 is 32.7. The largest absolute Gasteiger partial charge is 0.480 e. The molecule has 0 saturated heterocycles. The molecule has 0 fully saturated rings. The number of anilines is 1. The van der Waals surface area contributed by atoms with Gasteiger partial charge in [-0.25, -0.2) is 8.42 Å². The van der Waals surface area contributed by atoms with E-state index in [1.807, 2.05) is 0 Å². The molecule has 0 aliphatic rings. The lowest BCUT2D eigenvalue weighted by Crippen LogP contribution is -2.44. The quantitative estimate of drug-likeness (QED) is 0.255. The average Bonchev–Trinajstić information content (AvgIpc) is 3.39. The molecular formula is C27H24ClN3O6S. The predicted molar refractivity (Wildman–Crippen MR) is 143 cm³/mol. The Morgan fingerprint density at radius 1 is 0.895 bits per heavy atom. The monoisotopic (exact) mass is 553 g/mol. The van der Waals surface area contributed by atoms with Crippen LogP contribution in [0.4, 0.5) is 5.69 Å². The molecule has 196 valence electrons. The van der Waals surface area contributed by atoms with Crippen molar-refractivity contribution in [3.63, 3.8) is 0 Å². The van der Waals surface area contributed by atoms with E-state index in [1.54, 1.807) is 74.5 Å². The average molecular weight is 554 g/mol. The molecule has 38 heavy (non-hydrogen) atoms. The van der Waals surface area contributed by atoms with Gasteiger partial charge >= 0.3 is 5.97 Å². The summed E-state index contributed by atoms with van der Waals surface area (Å²) in [5, 5.41) is 16.6. The number of aliphatic carboxylic acids is 1. The number of nitrogens with zero attached hydrogens (tertiary/aromatic N) is 1. The molecule has 3 N–H and O–H groups in total. The summed E-state index contributed by atoms with van der Waals surface area (Å²) in [5.74, 6) is -2.08. The molecule has 0 bridgehead atoms. The van der Waals surface area contributed by atoms with Crippen molar-refractivity contribution in [2.45, 2.75) is 24.8 Å². The number of carbonyl (C=O) groups excluding carboxylic acids is 1. The SMILES string of the molecule is CC(C)[C@H](NS(=O)(=O)c1ccc(-c2ccc(NC(=O)c3cc(-c4ccc(Cl)cc4)no3)cc2)cc1)C(=O)O. The number of sulfonamides is 1. The number of amides is 1. The molecular weight excluding hydrogens is 530 g/mol. The first-order chi connectivity index (χ1) is 18.0. The van der Waals surface area contributed by atoms with Crippen molar-refractivity contribution >= 4 is 39.2 Å². The summed E-state index contributed by atoms with van der Waals surface area (Å²) in [6.45, 7) is 3.25. The van der Waals surface area contributed by atoms with E-state index in [9.17, 15) is 23.1 Å². The lowest BCUT2D eigenvalue weighted by molar-refractivity contribution is -0.140. The minimum absolute atomic E-state index is 0.0398. The second kappa shape index (κ2) is 11.2. The van der Waals surface area contributed by atoms with E-state index in [0.717, 1.165) is 16.7 Å². The number of hydrogen-bond donors (Lipinski definition) is 3. The van der Waals surface area contributed by atoms with Crippen molar-refractivity contribution in [2.75, 3.05) is 5.32 Å². The summed E-state index contributed by atoms with van der Waals surface area (Å²) in [7, 11) is -4.01. The maximum absolute atomic E-state index is 12.6. The van der Waals surface area contributed by atoms with Crippen molar-refractivity contribution in [3.05, 3.63) is 89.6 Å². The van der Waals surface area contributed by atoms with Gasteiger partial charge in [-0.3, -0.25) is 9.59 Å². The second-order valence-electron chi connectivity index (χ2n) is 8.82. The molecule has 4 rings (SSSR count). The Balaban J connectivity index is 1.42. The molecule has 0 unspecified atom stereocenters. The van der Waals surface area contributed by atoms with Crippen molar-refractivity contribution < 1.29 is 27.6 Å². The molecule has 9 nitrogen and oxygen atoms in total. The number of rotatable bonds is 9. The van der Waals surface area contributed by atoms with E-state index < -0.39 is 33.9 Å². The van der Waals surface area contributed by atoms with Gasteiger partial charge in [0.2, 0.25) is 15.8 Å². The molecule has 0 saturated carbocycles. The Hall–Kier alpha value is -3.99. The van der Waals surface area contributed by atoms with Gasteiger partial charge in [0, 0.05) is 22.3 Å². The molecule has 0 aliphatic carbocycles. The van der Waals surface area contributed by atoms with E-state index in [-0.39, 0.29) is 10.7 Å². The zero-order valence-electron chi connectivity index (χ0n) is 20.4. The molecule has 11 heteroatoms. The van der Waals surface area contributed by atoms with Gasteiger partial charge in [-0.2, -0.15) is 4.72 Å². The molecule has 4 aromatic rings. The van der Waals surface area contributed by atoms with Gasteiger partial charge in [-0.05, 0) is 53.4 Å². The highest BCUT2D eigenvalue weighted by Crippen LogP contribution is 2.25. The summed E-state index contributed by atoms with van der Waals surface area (Å²) >= 11 is 5.90. The fourth-order valence-electron chi connectivity index (χ4n) is 3.61. The fourth-order valence-corrected chi connectivity index (χ4v) is 5.07. The smallest absolute Gasteiger partial charge is 0.322 e. The van der Waals surface area contributed by atoms with Crippen LogP contribution in [0.3, 0.4) is 0 Å². The number of aromatic nitrogens is 1. The highest BCUT2D eigenvalue weighted by molar-refractivity contribution is 7.89. The zero-order chi connectivity index (χ0) is 27.4. The van der Waals surface area contributed by atoms with Crippen LogP contribution in [0.15, 0.2) is 88.3 Å². The lowest BCUT2D eigenvalue weighted by Gasteiger charge is -2.18. The number of hydrogen-bond acceptors (Lipinski definition) is 6. The summed E-state index contributed by atoms with van der Waals surface area (Å²) in [5.41, 5.74) is 3.32. The van der Waals surface area contributed by atoms with Gasteiger partial charge in [0.25, 0.3) is 5.91 Å². The first-order valence-corrected chi connectivity index (χ1v) is 13.4. The topological polar surface area (TPSA) is 139 Å². The third-order valence-corrected chi connectivity index (χ3v) is 7.44. The summed E-state index contributed by atoms with van der Waals surface area (Å²) in [6, 6.07) is 20.3. The zero-order valence-corrected chi connectivity index (χ0v) is 22.0. The number of carboxylic acid groups (broad SMARTS) is 1. The Kier molecular flexibility index (Phi) is 7.96. The van der Waals surface area contributed by atoms with Crippen molar-refractivity contribution in [2.24, 2.45) is 5.92 Å². The van der Waals surface area contributed by atoms with Gasteiger partial charge < -0.3 is 14.9 Å². The molecule has 0 radical (unpaired) electrons. The Labute approximate surface area is 224 Å². The van der Waals surface area contributed by atoms with Crippen LogP contribution in [0.1, 0.15) is 24.4 Å². The third-order valence-electron chi connectivity index (χ3n) is 5.73. The van der Waals surface area contributed by atoms with Gasteiger partial charge in [0.15, 0.2) is 0 Å². The van der Waals surface area contributed by atoms with Crippen LogP contribution in [0.5, 0.6) is 0 Å². The first-order valence-electron chi connectivity index (χ1n) is 11.5. The molecule has 1 heterocycles. The summed E-state index contributed by atoms with van der Waals surface area (Å²) in [6.07, 6.45) is 0. The van der Waals surface area contributed by atoms with Crippen LogP contribution in [-0.2, 0) is 14.8 Å². The number of nitrogens with one attached hydrogen (secondary N) is 2. The third kappa shape index (κ3) is 6.28. The van der Waals surface area contributed by atoms with Gasteiger partial charge in [-0.15, -0.1) is 0 Å². The molecule has 1 amide bonds. The Bertz CT molecular complexity index is 1550. The molecule has 0 spiro atoms. The van der Waals surface area contributed by atoms with Gasteiger partial charge in [-0.1, -0.05) is 67.0 Å². The Morgan fingerprint density at radius 3 is 2.00 bits per heavy atom. The van der Waals surface area contributed by atoms with Crippen LogP contribution >= 0.6 is 11.6 Å². The van der Waals surface area contributed by atoms with E-state index >= 15 is 0 Å². The van der Waals surface area contributed by atoms with E-state index in [4.69, 9.17) is 16.1 Å².